The second-order valence-corrected chi connectivity index (χ2v) is 13.2. The lowest BCUT2D eigenvalue weighted by atomic mass is 9.60. The summed E-state index contributed by atoms with van der Waals surface area (Å²) in [4.78, 5) is 30.6. The number of imidazole rings is 1. The standard InChI is InChI=1S/C35H46N8O2/c1-6-45-31-18-30(39-20-27(31)19-36)24(2)43-23-35(10-7-11-35)32-26(22-41-13-8-28(9-14-41)40(4)5)16-25(17-29(32)33(43)44)21-42-15-12-38-34(42)37-3/h12,15-18,20,24,28H,6-11,13-14,21-23H2,1-5H3,(H,37,38)/t24-/m0/s1. The maximum absolute atomic E-state index is 14.6. The number of nitrogens with zero attached hydrogens (tertiary/aromatic N) is 7. The number of nitrogens with one attached hydrogen (secondary N) is 1. The van der Waals surface area contributed by atoms with Gasteiger partial charge in [-0.2, -0.15) is 5.26 Å². The molecule has 3 aliphatic rings. The number of carbonyl (C=O) groups excluding carboxylic acids is 1. The Bertz CT molecular complexity index is 1580. The van der Waals surface area contributed by atoms with Gasteiger partial charge in [0.25, 0.3) is 5.91 Å². The molecule has 0 unspecified atom stereocenters. The quantitative estimate of drug-likeness (QED) is 0.349. The van der Waals surface area contributed by atoms with E-state index in [2.05, 4.69) is 61.9 Å². The van der Waals surface area contributed by atoms with Gasteiger partial charge in [-0.3, -0.25) is 14.7 Å². The highest BCUT2D eigenvalue weighted by Gasteiger charge is 2.49. The fraction of sp³-hybridized carbons (Fsp3) is 0.543. The molecule has 4 heterocycles. The molecule has 0 radical (unpaired) electrons. The zero-order valence-corrected chi connectivity index (χ0v) is 27.3. The van der Waals surface area contributed by atoms with Crippen LogP contribution in [0.4, 0.5) is 5.95 Å². The Morgan fingerprint density at radius 1 is 1.18 bits per heavy atom. The highest BCUT2D eigenvalue weighted by Crippen LogP contribution is 2.51. The predicted octanol–water partition coefficient (Wildman–Crippen LogP) is 4.80. The summed E-state index contributed by atoms with van der Waals surface area (Å²) in [7, 11) is 6.24. The topological polar surface area (TPSA) is 103 Å². The van der Waals surface area contributed by atoms with E-state index >= 15 is 0 Å². The van der Waals surface area contributed by atoms with Gasteiger partial charge in [0.2, 0.25) is 5.95 Å². The lowest BCUT2D eigenvalue weighted by Gasteiger charge is -2.52. The zero-order valence-electron chi connectivity index (χ0n) is 27.3. The molecule has 1 atom stereocenters. The Morgan fingerprint density at radius 2 is 1.96 bits per heavy atom. The smallest absolute Gasteiger partial charge is 0.254 e. The Hall–Kier alpha value is -3.94. The summed E-state index contributed by atoms with van der Waals surface area (Å²) >= 11 is 0. The average molecular weight is 611 g/mol. The van der Waals surface area contributed by atoms with Crippen molar-refractivity contribution in [3.63, 3.8) is 0 Å². The molecule has 1 amide bonds. The number of fused-ring (bicyclic) bond motifs is 2. The molecule has 238 valence electrons. The summed E-state index contributed by atoms with van der Waals surface area (Å²) in [6.07, 6.45) is 11.0. The number of ether oxygens (including phenoxy) is 1. The monoisotopic (exact) mass is 610 g/mol. The Morgan fingerprint density at radius 3 is 2.60 bits per heavy atom. The Kier molecular flexibility index (Phi) is 8.85. The number of rotatable bonds is 10. The van der Waals surface area contributed by atoms with Crippen LogP contribution in [0.15, 0.2) is 36.8 Å². The van der Waals surface area contributed by atoms with E-state index in [1.54, 1.807) is 12.4 Å². The van der Waals surface area contributed by atoms with Crippen LogP contribution in [0.2, 0.25) is 0 Å². The van der Waals surface area contributed by atoms with Gasteiger partial charge in [0.1, 0.15) is 17.4 Å². The number of piperidine rings is 1. The molecule has 3 aromatic rings. The van der Waals surface area contributed by atoms with Gasteiger partial charge in [-0.25, -0.2) is 4.98 Å². The second kappa shape index (κ2) is 12.8. The lowest BCUT2D eigenvalue weighted by Crippen LogP contribution is -2.54. The van der Waals surface area contributed by atoms with Crippen molar-refractivity contribution in [1.82, 2.24) is 29.2 Å². The van der Waals surface area contributed by atoms with E-state index in [0.29, 0.717) is 37.1 Å². The van der Waals surface area contributed by atoms with Crippen molar-refractivity contribution in [1.29, 1.82) is 5.26 Å². The van der Waals surface area contributed by atoms with Crippen LogP contribution < -0.4 is 10.1 Å². The highest BCUT2D eigenvalue weighted by molar-refractivity contribution is 5.98. The number of hydrogen-bond acceptors (Lipinski definition) is 8. The average Bonchev–Trinajstić information content (AvgIpc) is 3.47. The number of likely N-dealkylation sites (tertiary alicyclic amines) is 1. The molecular weight excluding hydrogens is 564 g/mol. The number of benzene rings is 1. The van der Waals surface area contributed by atoms with Crippen molar-refractivity contribution >= 4 is 11.9 Å². The summed E-state index contributed by atoms with van der Waals surface area (Å²) in [6.45, 7) is 8.68. The number of pyridine rings is 1. The number of amides is 1. The van der Waals surface area contributed by atoms with E-state index in [4.69, 9.17) is 4.74 Å². The predicted molar refractivity (Wildman–Crippen MR) is 174 cm³/mol. The van der Waals surface area contributed by atoms with Crippen LogP contribution in [0, 0.1) is 11.3 Å². The van der Waals surface area contributed by atoms with E-state index in [9.17, 15) is 10.1 Å². The zero-order chi connectivity index (χ0) is 31.7. The molecule has 6 rings (SSSR count). The van der Waals surface area contributed by atoms with Gasteiger partial charge in [-0.15, -0.1) is 0 Å². The maximum Gasteiger partial charge on any atom is 0.254 e. The van der Waals surface area contributed by atoms with Crippen LogP contribution in [-0.2, 0) is 18.5 Å². The third kappa shape index (κ3) is 5.91. The fourth-order valence-electron chi connectivity index (χ4n) is 7.63. The first-order chi connectivity index (χ1) is 21.8. The van der Waals surface area contributed by atoms with E-state index in [-0.39, 0.29) is 17.4 Å². The molecule has 10 nitrogen and oxygen atoms in total. The lowest BCUT2D eigenvalue weighted by molar-refractivity contribution is 0.0480. The number of nitriles is 1. The van der Waals surface area contributed by atoms with Crippen LogP contribution in [-0.4, -0.2) is 88.6 Å². The minimum Gasteiger partial charge on any atom is -0.492 e. The summed E-state index contributed by atoms with van der Waals surface area (Å²) in [5.74, 6) is 1.37. The number of hydrogen-bond donors (Lipinski definition) is 1. The van der Waals surface area contributed by atoms with Crippen molar-refractivity contribution in [3.05, 3.63) is 70.3 Å². The number of aromatic nitrogens is 3. The largest absolute Gasteiger partial charge is 0.492 e. The summed E-state index contributed by atoms with van der Waals surface area (Å²) in [6, 6.07) is 8.86. The van der Waals surface area contributed by atoms with Crippen LogP contribution in [0.25, 0.3) is 0 Å². The molecule has 2 fully saturated rings. The third-order valence-electron chi connectivity index (χ3n) is 10.3. The van der Waals surface area contributed by atoms with E-state index < -0.39 is 0 Å². The molecule has 2 aliphatic heterocycles. The molecular formula is C35H46N8O2. The molecule has 10 heteroatoms. The fourth-order valence-corrected chi connectivity index (χ4v) is 7.63. The maximum atomic E-state index is 14.6. The van der Waals surface area contributed by atoms with Crippen molar-refractivity contribution in [2.45, 2.75) is 76.5 Å². The second-order valence-electron chi connectivity index (χ2n) is 13.2. The Balaban J connectivity index is 1.39. The first kappa shape index (κ1) is 31.1. The molecule has 1 saturated heterocycles. The van der Waals surface area contributed by atoms with Crippen LogP contribution in [0.1, 0.15) is 90.3 Å². The van der Waals surface area contributed by atoms with Gasteiger partial charge >= 0.3 is 0 Å². The van der Waals surface area contributed by atoms with E-state index in [1.165, 1.54) is 11.1 Å². The van der Waals surface area contributed by atoms with E-state index in [1.807, 2.05) is 38.1 Å². The SMILES string of the molecule is CCOc1cc([C@H](C)N2CC3(CCC3)c3c(CN4CCC(N(C)C)CC4)cc(Cn4ccnc4NC)cc3C2=O)ncc1C#N. The Labute approximate surface area is 267 Å². The minimum absolute atomic E-state index is 0.0491. The summed E-state index contributed by atoms with van der Waals surface area (Å²) in [5.41, 5.74) is 5.58. The van der Waals surface area contributed by atoms with Gasteiger partial charge in [-0.1, -0.05) is 12.5 Å². The molecule has 1 aromatic carbocycles. The van der Waals surface area contributed by atoms with Crippen molar-refractivity contribution in [2.24, 2.45) is 0 Å². The molecule has 2 aromatic heterocycles. The summed E-state index contributed by atoms with van der Waals surface area (Å²) in [5, 5.41) is 12.7. The van der Waals surface area contributed by atoms with Crippen molar-refractivity contribution < 1.29 is 9.53 Å². The third-order valence-corrected chi connectivity index (χ3v) is 10.3. The van der Waals surface area contributed by atoms with Crippen molar-refractivity contribution in [2.75, 3.05) is 52.7 Å². The van der Waals surface area contributed by atoms with E-state index in [0.717, 1.165) is 74.5 Å². The van der Waals surface area contributed by atoms with Crippen molar-refractivity contribution in [3.8, 4) is 11.8 Å². The number of anilines is 1. The first-order valence-corrected chi connectivity index (χ1v) is 16.3. The van der Waals surface area contributed by atoms with Crippen LogP contribution in [0.5, 0.6) is 5.75 Å². The van der Waals surface area contributed by atoms with Crippen LogP contribution >= 0.6 is 0 Å². The summed E-state index contributed by atoms with van der Waals surface area (Å²) < 4.78 is 7.86. The van der Waals surface area contributed by atoms with Crippen LogP contribution in [0.3, 0.4) is 0 Å². The van der Waals surface area contributed by atoms with Gasteiger partial charge in [0, 0.05) is 61.8 Å². The normalized spacial score (nSPS) is 18.9. The van der Waals surface area contributed by atoms with Gasteiger partial charge in [-0.05, 0) is 89.5 Å². The first-order valence-electron chi connectivity index (χ1n) is 16.3. The van der Waals surface area contributed by atoms with Gasteiger partial charge < -0.3 is 24.4 Å². The molecule has 1 aliphatic carbocycles. The number of carbonyl (C=O) groups is 1. The molecule has 0 bridgehead atoms. The molecule has 1 spiro atoms. The molecule has 1 N–H and O–H groups in total. The highest BCUT2D eigenvalue weighted by atomic mass is 16.5. The van der Waals surface area contributed by atoms with Gasteiger partial charge in [0.15, 0.2) is 0 Å². The molecule has 45 heavy (non-hydrogen) atoms. The van der Waals surface area contributed by atoms with Gasteiger partial charge in [0.05, 0.1) is 24.9 Å². The minimum atomic E-state index is -0.267. The molecule has 1 saturated carbocycles.